The van der Waals surface area contributed by atoms with Gasteiger partial charge in [-0.2, -0.15) is 5.10 Å². The van der Waals surface area contributed by atoms with E-state index >= 15 is 0 Å². The molecule has 0 fully saturated rings. The minimum absolute atomic E-state index is 0.107. The number of aliphatic hydroxyl groups is 1. The van der Waals surface area contributed by atoms with Crippen molar-refractivity contribution in [1.29, 1.82) is 0 Å². The molecular weight excluding hydrogens is 308 g/mol. The van der Waals surface area contributed by atoms with Crippen LogP contribution in [0.4, 0.5) is 0 Å². The van der Waals surface area contributed by atoms with Gasteiger partial charge in [-0.3, -0.25) is 4.68 Å². The van der Waals surface area contributed by atoms with Crippen molar-refractivity contribution in [3.63, 3.8) is 0 Å². The molecular formula is C14H17BrN2O2. The molecule has 2 aromatic rings. The number of ether oxygens (including phenoxy) is 1. The lowest BCUT2D eigenvalue weighted by atomic mass is 10.1. The van der Waals surface area contributed by atoms with Gasteiger partial charge in [-0.05, 0) is 47.5 Å². The van der Waals surface area contributed by atoms with Crippen LogP contribution in [0.2, 0.25) is 0 Å². The largest absolute Gasteiger partial charge is 0.491 e. The number of benzene rings is 1. The van der Waals surface area contributed by atoms with E-state index in [-0.39, 0.29) is 6.10 Å². The summed E-state index contributed by atoms with van der Waals surface area (Å²) >= 11 is 3.40. The molecule has 1 unspecified atom stereocenters. The van der Waals surface area contributed by atoms with E-state index in [1.807, 2.05) is 38.1 Å². The summed E-state index contributed by atoms with van der Waals surface area (Å²) in [5, 5.41) is 14.6. The maximum absolute atomic E-state index is 10.5. The summed E-state index contributed by atoms with van der Waals surface area (Å²) in [6.45, 7) is 3.95. The van der Waals surface area contributed by atoms with E-state index in [0.717, 1.165) is 21.5 Å². The van der Waals surface area contributed by atoms with Gasteiger partial charge in [0.25, 0.3) is 0 Å². The maximum atomic E-state index is 10.5. The molecule has 19 heavy (non-hydrogen) atoms. The summed E-state index contributed by atoms with van der Waals surface area (Å²) in [5.41, 5.74) is 1.50. The van der Waals surface area contributed by atoms with Crippen molar-refractivity contribution < 1.29 is 9.84 Å². The summed E-state index contributed by atoms with van der Waals surface area (Å²) in [6.07, 6.45) is 1.04. The zero-order valence-electron chi connectivity index (χ0n) is 11.2. The summed E-state index contributed by atoms with van der Waals surface area (Å²) in [6, 6.07) is 7.48. The second-order valence-corrected chi connectivity index (χ2v) is 5.50. The Bertz CT molecular complexity index is 547. The van der Waals surface area contributed by atoms with Gasteiger partial charge >= 0.3 is 0 Å². The molecule has 2 rings (SSSR count). The molecule has 1 N–H and O–H groups in total. The van der Waals surface area contributed by atoms with E-state index in [1.54, 1.807) is 17.9 Å². The number of halogens is 1. The van der Waals surface area contributed by atoms with Crippen LogP contribution in [0.5, 0.6) is 5.75 Å². The molecule has 1 aromatic heterocycles. The monoisotopic (exact) mass is 324 g/mol. The van der Waals surface area contributed by atoms with Crippen molar-refractivity contribution in [2.24, 2.45) is 7.05 Å². The topological polar surface area (TPSA) is 47.3 Å². The molecule has 0 spiro atoms. The van der Waals surface area contributed by atoms with Crippen LogP contribution < -0.4 is 4.74 Å². The van der Waals surface area contributed by atoms with Crippen LogP contribution in [0.3, 0.4) is 0 Å². The molecule has 0 aliphatic heterocycles. The van der Waals surface area contributed by atoms with E-state index in [9.17, 15) is 5.11 Å². The molecule has 0 amide bonds. The highest BCUT2D eigenvalue weighted by atomic mass is 79.9. The number of nitrogens with zero attached hydrogens (tertiary/aromatic N) is 2. The highest BCUT2D eigenvalue weighted by Crippen LogP contribution is 2.29. The molecule has 0 aliphatic rings. The minimum atomic E-state index is -0.738. The standard InChI is InChI=1S/C14H17BrN2O2/c1-9(2)19-11-6-4-5-10(7-11)14(18)13-12(15)8-16-17(13)3/h4-9,14,18H,1-3H3. The van der Waals surface area contributed by atoms with Gasteiger partial charge in [-0.25, -0.2) is 0 Å². The Labute approximate surface area is 121 Å². The van der Waals surface area contributed by atoms with Gasteiger partial charge in [-0.1, -0.05) is 12.1 Å². The first-order valence-corrected chi connectivity index (χ1v) is 6.90. The zero-order chi connectivity index (χ0) is 14.0. The lowest BCUT2D eigenvalue weighted by molar-refractivity contribution is 0.206. The average molecular weight is 325 g/mol. The fourth-order valence-corrected chi connectivity index (χ4v) is 2.48. The maximum Gasteiger partial charge on any atom is 0.122 e. The first-order chi connectivity index (χ1) is 8.99. The fraction of sp³-hybridized carbons (Fsp3) is 0.357. The van der Waals surface area contributed by atoms with Gasteiger partial charge < -0.3 is 9.84 Å². The number of hydrogen-bond donors (Lipinski definition) is 1. The molecule has 1 heterocycles. The Kier molecular flexibility index (Phi) is 4.27. The Hall–Kier alpha value is -1.33. The molecule has 5 heteroatoms. The van der Waals surface area contributed by atoms with Crippen molar-refractivity contribution in [1.82, 2.24) is 9.78 Å². The van der Waals surface area contributed by atoms with Crippen LogP contribution in [-0.4, -0.2) is 21.0 Å². The third-order valence-electron chi connectivity index (χ3n) is 2.74. The Morgan fingerprint density at radius 2 is 2.11 bits per heavy atom. The predicted octanol–water partition coefficient (Wildman–Crippen LogP) is 3.05. The van der Waals surface area contributed by atoms with Crippen LogP contribution in [0, 0.1) is 0 Å². The van der Waals surface area contributed by atoms with Gasteiger partial charge in [-0.15, -0.1) is 0 Å². The number of aliphatic hydroxyl groups excluding tert-OH is 1. The van der Waals surface area contributed by atoms with Crippen LogP contribution >= 0.6 is 15.9 Å². The number of aromatic nitrogens is 2. The smallest absolute Gasteiger partial charge is 0.122 e. The van der Waals surface area contributed by atoms with Gasteiger partial charge in [0.1, 0.15) is 11.9 Å². The summed E-state index contributed by atoms with van der Waals surface area (Å²) in [7, 11) is 1.80. The lowest BCUT2D eigenvalue weighted by Crippen LogP contribution is -2.09. The summed E-state index contributed by atoms with van der Waals surface area (Å²) in [5.74, 6) is 0.754. The van der Waals surface area contributed by atoms with Gasteiger partial charge in [0.2, 0.25) is 0 Å². The van der Waals surface area contributed by atoms with E-state index in [0.29, 0.717) is 0 Å². The molecule has 0 saturated heterocycles. The molecule has 1 aromatic carbocycles. The Morgan fingerprint density at radius 3 is 2.68 bits per heavy atom. The van der Waals surface area contributed by atoms with Crippen molar-refractivity contribution in [3.8, 4) is 5.75 Å². The molecule has 102 valence electrons. The first-order valence-electron chi connectivity index (χ1n) is 6.11. The second kappa shape index (κ2) is 5.75. The Morgan fingerprint density at radius 1 is 1.37 bits per heavy atom. The molecule has 0 radical (unpaired) electrons. The second-order valence-electron chi connectivity index (χ2n) is 4.64. The van der Waals surface area contributed by atoms with Crippen LogP contribution in [0.1, 0.15) is 31.2 Å². The van der Waals surface area contributed by atoms with Gasteiger partial charge in [0.15, 0.2) is 0 Å². The molecule has 4 nitrogen and oxygen atoms in total. The highest BCUT2D eigenvalue weighted by Gasteiger charge is 2.18. The number of aryl methyl sites for hydroxylation is 1. The minimum Gasteiger partial charge on any atom is -0.491 e. The number of hydrogen-bond acceptors (Lipinski definition) is 3. The van der Waals surface area contributed by atoms with Gasteiger partial charge in [0, 0.05) is 7.05 Å². The van der Waals surface area contributed by atoms with Crippen molar-refractivity contribution in [2.75, 3.05) is 0 Å². The predicted molar refractivity (Wildman–Crippen MR) is 77.2 cm³/mol. The van der Waals surface area contributed by atoms with Crippen LogP contribution in [0.15, 0.2) is 34.9 Å². The van der Waals surface area contributed by atoms with E-state index < -0.39 is 6.10 Å². The number of rotatable bonds is 4. The third kappa shape index (κ3) is 3.16. The summed E-state index contributed by atoms with van der Waals surface area (Å²) < 4.78 is 8.08. The normalized spacial score (nSPS) is 12.7. The zero-order valence-corrected chi connectivity index (χ0v) is 12.8. The van der Waals surface area contributed by atoms with Crippen molar-refractivity contribution in [3.05, 3.63) is 46.2 Å². The summed E-state index contributed by atoms with van der Waals surface area (Å²) in [4.78, 5) is 0. The van der Waals surface area contributed by atoms with Crippen LogP contribution in [0.25, 0.3) is 0 Å². The fourth-order valence-electron chi connectivity index (χ4n) is 1.92. The Balaban J connectivity index is 2.31. The van der Waals surface area contributed by atoms with Crippen molar-refractivity contribution in [2.45, 2.75) is 26.1 Å². The average Bonchev–Trinajstić information content (AvgIpc) is 2.68. The van der Waals surface area contributed by atoms with Crippen LogP contribution in [-0.2, 0) is 7.05 Å². The van der Waals surface area contributed by atoms with Gasteiger partial charge in [0.05, 0.1) is 22.5 Å². The third-order valence-corrected chi connectivity index (χ3v) is 3.35. The lowest BCUT2D eigenvalue weighted by Gasteiger charge is -2.15. The van der Waals surface area contributed by atoms with E-state index in [2.05, 4.69) is 21.0 Å². The quantitative estimate of drug-likeness (QED) is 0.940. The van der Waals surface area contributed by atoms with E-state index in [4.69, 9.17) is 4.74 Å². The molecule has 0 saturated carbocycles. The SMILES string of the molecule is CC(C)Oc1cccc(C(O)c2c(Br)cnn2C)c1. The van der Waals surface area contributed by atoms with E-state index in [1.165, 1.54) is 0 Å². The molecule has 0 aliphatic carbocycles. The molecule has 0 bridgehead atoms. The molecule has 1 atom stereocenters. The van der Waals surface area contributed by atoms with Crippen molar-refractivity contribution >= 4 is 15.9 Å². The first kappa shape index (κ1) is 14.1. The highest BCUT2D eigenvalue weighted by molar-refractivity contribution is 9.10.